The van der Waals surface area contributed by atoms with E-state index < -0.39 is 0 Å². The highest BCUT2D eigenvalue weighted by molar-refractivity contribution is 5.78. The van der Waals surface area contributed by atoms with Crippen LogP contribution in [-0.4, -0.2) is 44.1 Å². The van der Waals surface area contributed by atoms with Gasteiger partial charge in [0.05, 0.1) is 19.7 Å². The van der Waals surface area contributed by atoms with Gasteiger partial charge in [0, 0.05) is 25.2 Å². The number of hydrogen-bond donors (Lipinski definition) is 2. The van der Waals surface area contributed by atoms with Crippen LogP contribution in [0, 0.1) is 0 Å². The smallest absolute Gasteiger partial charge is 0.234 e. The zero-order valence-electron chi connectivity index (χ0n) is 10.6. The molecule has 0 aliphatic carbocycles. The van der Waals surface area contributed by atoms with Gasteiger partial charge in [-0.25, -0.2) is 0 Å². The molecule has 98 valence electrons. The summed E-state index contributed by atoms with van der Waals surface area (Å²) in [7, 11) is 1.65. The molecule has 5 heteroatoms. The Morgan fingerprint density at radius 3 is 2.94 bits per heavy atom. The molecule has 1 amide bonds. The molecule has 0 aromatic heterocycles. The predicted octanol–water partition coefficient (Wildman–Crippen LogP) is 0.127. The first-order chi connectivity index (χ1) is 8.76. The Bertz CT molecular complexity index is 422. The van der Waals surface area contributed by atoms with Gasteiger partial charge in [0.15, 0.2) is 0 Å². The van der Waals surface area contributed by atoms with E-state index in [0.717, 1.165) is 17.9 Å². The topological polar surface area (TPSA) is 67.6 Å². The van der Waals surface area contributed by atoms with Gasteiger partial charge in [-0.2, -0.15) is 0 Å². The second-order valence-corrected chi connectivity index (χ2v) is 4.31. The SMILES string of the molecule is COc1ccccc1C(CN)N1CCNC(=O)C1. The van der Waals surface area contributed by atoms with Gasteiger partial charge in [-0.3, -0.25) is 9.69 Å². The number of benzene rings is 1. The molecule has 0 radical (unpaired) electrons. The molecule has 3 N–H and O–H groups in total. The standard InChI is InChI=1S/C13H19N3O2/c1-18-12-5-3-2-4-10(12)11(8-14)16-7-6-15-13(17)9-16/h2-5,11H,6-9,14H2,1H3,(H,15,17). The number of piperazine rings is 1. The number of para-hydroxylation sites is 1. The Morgan fingerprint density at radius 1 is 1.50 bits per heavy atom. The predicted molar refractivity (Wildman–Crippen MR) is 69.4 cm³/mol. The van der Waals surface area contributed by atoms with Gasteiger partial charge in [-0.1, -0.05) is 18.2 Å². The highest BCUT2D eigenvalue weighted by Crippen LogP contribution is 2.28. The molecule has 1 saturated heterocycles. The summed E-state index contributed by atoms with van der Waals surface area (Å²) in [4.78, 5) is 13.5. The number of rotatable bonds is 4. The summed E-state index contributed by atoms with van der Waals surface area (Å²) in [6.45, 7) is 2.34. The van der Waals surface area contributed by atoms with E-state index in [1.165, 1.54) is 0 Å². The summed E-state index contributed by atoms with van der Waals surface area (Å²) in [5, 5.41) is 2.82. The fourth-order valence-electron chi connectivity index (χ4n) is 2.34. The van der Waals surface area contributed by atoms with Crippen LogP contribution in [-0.2, 0) is 4.79 Å². The molecule has 1 heterocycles. The lowest BCUT2D eigenvalue weighted by molar-refractivity contribution is -0.124. The summed E-state index contributed by atoms with van der Waals surface area (Å²) in [6.07, 6.45) is 0. The lowest BCUT2D eigenvalue weighted by Crippen LogP contribution is -2.50. The minimum absolute atomic E-state index is 0.0206. The van der Waals surface area contributed by atoms with E-state index in [2.05, 4.69) is 10.2 Å². The highest BCUT2D eigenvalue weighted by atomic mass is 16.5. The Morgan fingerprint density at radius 2 is 2.28 bits per heavy atom. The van der Waals surface area contributed by atoms with Crippen LogP contribution in [0.4, 0.5) is 0 Å². The maximum absolute atomic E-state index is 11.5. The van der Waals surface area contributed by atoms with E-state index in [1.807, 2.05) is 24.3 Å². The summed E-state index contributed by atoms with van der Waals surface area (Å²) >= 11 is 0. The van der Waals surface area contributed by atoms with Crippen LogP contribution in [0.3, 0.4) is 0 Å². The van der Waals surface area contributed by atoms with Crippen molar-refractivity contribution in [2.45, 2.75) is 6.04 Å². The third-order valence-corrected chi connectivity index (χ3v) is 3.23. The summed E-state index contributed by atoms with van der Waals surface area (Å²) in [6, 6.07) is 7.83. The van der Waals surface area contributed by atoms with Crippen LogP contribution in [0.15, 0.2) is 24.3 Å². The molecular weight excluding hydrogens is 230 g/mol. The summed E-state index contributed by atoms with van der Waals surface area (Å²) in [5.41, 5.74) is 6.91. The number of nitrogens with one attached hydrogen (secondary N) is 1. The molecule has 1 aromatic rings. The van der Waals surface area contributed by atoms with Crippen molar-refractivity contribution in [2.75, 3.05) is 33.3 Å². The number of carbonyl (C=O) groups excluding carboxylic acids is 1. The van der Waals surface area contributed by atoms with Crippen molar-refractivity contribution in [3.8, 4) is 5.75 Å². The number of carbonyl (C=O) groups is 1. The minimum atomic E-state index is 0.0206. The number of hydrogen-bond acceptors (Lipinski definition) is 4. The molecule has 1 aliphatic rings. The van der Waals surface area contributed by atoms with Crippen molar-refractivity contribution in [3.63, 3.8) is 0 Å². The van der Waals surface area contributed by atoms with Crippen LogP contribution in [0.2, 0.25) is 0 Å². The maximum Gasteiger partial charge on any atom is 0.234 e. The number of nitrogens with zero attached hydrogens (tertiary/aromatic N) is 1. The Hall–Kier alpha value is -1.59. The van der Waals surface area contributed by atoms with E-state index in [9.17, 15) is 4.79 Å². The normalized spacial score (nSPS) is 18.2. The van der Waals surface area contributed by atoms with E-state index in [-0.39, 0.29) is 11.9 Å². The molecule has 0 bridgehead atoms. The molecule has 0 spiro atoms. The molecule has 1 fully saturated rings. The Kier molecular flexibility index (Phi) is 4.17. The first kappa shape index (κ1) is 12.9. The van der Waals surface area contributed by atoms with Gasteiger partial charge >= 0.3 is 0 Å². The van der Waals surface area contributed by atoms with E-state index >= 15 is 0 Å². The second kappa shape index (κ2) is 5.84. The minimum Gasteiger partial charge on any atom is -0.496 e. The van der Waals surface area contributed by atoms with Gasteiger partial charge in [0.2, 0.25) is 5.91 Å². The quantitative estimate of drug-likeness (QED) is 0.796. The van der Waals surface area contributed by atoms with Gasteiger partial charge in [0.1, 0.15) is 5.75 Å². The lowest BCUT2D eigenvalue weighted by atomic mass is 10.0. The monoisotopic (exact) mass is 249 g/mol. The number of amides is 1. The molecular formula is C13H19N3O2. The van der Waals surface area contributed by atoms with Crippen LogP contribution < -0.4 is 15.8 Å². The molecule has 1 aromatic carbocycles. The van der Waals surface area contributed by atoms with Crippen molar-refractivity contribution in [1.29, 1.82) is 0 Å². The van der Waals surface area contributed by atoms with Crippen molar-refractivity contribution < 1.29 is 9.53 Å². The van der Waals surface area contributed by atoms with E-state index in [4.69, 9.17) is 10.5 Å². The van der Waals surface area contributed by atoms with Crippen molar-refractivity contribution in [3.05, 3.63) is 29.8 Å². The van der Waals surface area contributed by atoms with Crippen molar-refractivity contribution in [1.82, 2.24) is 10.2 Å². The van der Waals surface area contributed by atoms with Crippen LogP contribution in [0.25, 0.3) is 0 Å². The third-order valence-electron chi connectivity index (χ3n) is 3.23. The van der Waals surface area contributed by atoms with Gasteiger partial charge in [-0.15, -0.1) is 0 Å². The van der Waals surface area contributed by atoms with Gasteiger partial charge in [-0.05, 0) is 6.07 Å². The Labute approximate surface area is 107 Å². The summed E-state index contributed by atoms with van der Waals surface area (Å²) < 4.78 is 5.36. The average molecular weight is 249 g/mol. The molecule has 1 atom stereocenters. The molecule has 1 aliphatic heterocycles. The fraction of sp³-hybridized carbons (Fsp3) is 0.462. The number of ether oxygens (including phenoxy) is 1. The van der Waals surface area contributed by atoms with Crippen molar-refractivity contribution >= 4 is 5.91 Å². The highest BCUT2D eigenvalue weighted by Gasteiger charge is 2.26. The largest absolute Gasteiger partial charge is 0.496 e. The first-order valence-electron chi connectivity index (χ1n) is 6.10. The molecule has 0 saturated carbocycles. The van der Waals surface area contributed by atoms with Crippen LogP contribution >= 0.6 is 0 Å². The summed E-state index contributed by atoms with van der Waals surface area (Å²) in [5.74, 6) is 0.869. The number of methoxy groups -OCH3 is 1. The van der Waals surface area contributed by atoms with Crippen LogP contribution in [0.5, 0.6) is 5.75 Å². The van der Waals surface area contributed by atoms with E-state index in [1.54, 1.807) is 7.11 Å². The number of nitrogens with two attached hydrogens (primary N) is 1. The molecule has 2 rings (SSSR count). The molecule has 1 unspecified atom stereocenters. The molecule has 18 heavy (non-hydrogen) atoms. The van der Waals surface area contributed by atoms with Gasteiger partial charge < -0.3 is 15.8 Å². The zero-order chi connectivity index (χ0) is 13.0. The Balaban J connectivity index is 2.24. The molecule has 5 nitrogen and oxygen atoms in total. The van der Waals surface area contributed by atoms with Gasteiger partial charge in [0.25, 0.3) is 0 Å². The lowest BCUT2D eigenvalue weighted by Gasteiger charge is -2.34. The van der Waals surface area contributed by atoms with E-state index in [0.29, 0.717) is 19.6 Å². The maximum atomic E-state index is 11.5. The average Bonchev–Trinajstić information content (AvgIpc) is 2.40. The van der Waals surface area contributed by atoms with Crippen molar-refractivity contribution in [2.24, 2.45) is 5.73 Å². The third kappa shape index (κ3) is 2.63. The zero-order valence-corrected chi connectivity index (χ0v) is 10.6. The second-order valence-electron chi connectivity index (χ2n) is 4.31. The first-order valence-corrected chi connectivity index (χ1v) is 6.10. The van der Waals surface area contributed by atoms with Crippen LogP contribution in [0.1, 0.15) is 11.6 Å². The fourth-order valence-corrected chi connectivity index (χ4v) is 2.34.